The zero-order valence-electron chi connectivity index (χ0n) is 12.8. The minimum atomic E-state index is -0.0995. The van der Waals surface area contributed by atoms with Crippen molar-refractivity contribution < 1.29 is 14.2 Å². The Morgan fingerprint density at radius 2 is 1.28 bits per heavy atom. The first-order valence-electron chi connectivity index (χ1n) is 6.76. The molecule has 0 aliphatic rings. The molecule has 0 atom stereocenters. The van der Waals surface area contributed by atoms with Crippen molar-refractivity contribution in [2.75, 3.05) is 39.6 Å². The van der Waals surface area contributed by atoms with Gasteiger partial charge in [-0.2, -0.15) is 0 Å². The van der Waals surface area contributed by atoms with Gasteiger partial charge in [-0.1, -0.05) is 20.8 Å². The standard InChI is InChI=1S/C14H31NO3/c1-13(2,3)12-14(4,5)18-11-10-17-9-8-16-7-6-15/h6-12,15H2,1-5H3. The third-order valence-electron chi connectivity index (χ3n) is 2.31. The maximum absolute atomic E-state index is 5.85. The van der Waals surface area contributed by atoms with Crippen molar-refractivity contribution in [3.05, 3.63) is 0 Å². The van der Waals surface area contributed by atoms with Gasteiger partial charge in [0.15, 0.2) is 0 Å². The third kappa shape index (κ3) is 12.3. The van der Waals surface area contributed by atoms with Crippen molar-refractivity contribution in [2.24, 2.45) is 11.1 Å². The lowest BCUT2D eigenvalue weighted by molar-refractivity contribution is -0.0689. The summed E-state index contributed by atoms with van der Waals surface area (Å²) in [5, 5.41) is 0. The summed E-state index contributed by atoms with van der Waals surface area (Å²) in [7, 11) is 0. The molecule has 0 spiro atoms. The molecule has 0 aromatic heterocycles. The molecule has 0 rings (SSSR count). The van der Waals surface area contributed by atoms with Crippen LogP contribution in [0.15, 0.2) is 0 Å². The van der Waals surface area contributed by atoms with Crippen LogP contribution in [0.2, 0.25) is 0 Å². The molecule has 110 valence electrons. The predicted octanol–water partition coefficient (Wildman–Crippen LogP) is 2.21. The SMILES string of the molecule is CC(C)(C)CC(C)(C)OCCOCCOCCN. The molecule has 2 N–H and O–H groups in total. The second kappa shape index (κ2) is 8.86. The average Bonchev–Trinajstić information content (AvgIpc) is 2.18. The van der Waals surface area contributed by atoms with E-state index in [4.69, 9.17) is 19.9 Å². The van der Waals surface area contributed by atoms with Crippen LogP contribution < -0.4 is 5.73 Å². The summed E-state index contributed by atoms with van der Waals surface area (Å²) in [5.41, 5.74) is 5.48. The van der Waals surface area contributed by atoms with Gasteiger partial charge in [0.05, 0.1) is 38.6 Å². The van der Waals surface area contributed by atoms with E-state index in [1.54, 1.807) is 0 Å². The summed E-state index contributed by atoms with van der Waals surface area (Å²) in [4.78, 5) is 0. The van der Waals surface area contributed by atoms with E-state index < -0.39 is 0 Å². The first-order chi connectivity index (χ1) is 8.27. The van der Waals surface area contributed by atoms with Gasteiger partial charge in [0, 0.05) is 6.54 Å². The number of ether oxygens (including phenoxy) is 3. The van der Waals surface area contributed by atoms with E-state index in [0.29, 0.717) is 39.6 Å². The van der Waals surface area contributed by atoms with E-state index in [1.165, 1.54) is 0 Å². The lowest BCUT2D eigenvalue weighted by atomic mass is 9.84. The number of hydrogen-bond acceptors (Lipinski definition) is 4. The van der Waals surface area contributed by atoms with Crippen molar-refractivity contribution in [1.29, 1.82) is 0 Å². The normalized spacial score (nSPS) is 13.0. The lowest BCUT2D eigenvalue weighted by Gasteiger charge is -2.32. The summed E-state index contributed by atoms with van der Waals surface area (Å²) in [6.07, 6.45) is 1.03. The molecule has 0 amide bonds. The lowest BCUT2D eigenvalue weighted by Crippen LogP contribution is -2.31. The van der Waals surface area contributed by atoms with Crippen molar-refractivity contribution in [1.82, 2.24) is 0 Å². The second-order valence-electron chi connectivity index (χ2n) is 6.36. The van der Waals surface area contributed by atoms with Gasteiger partial charge >= 0.3 is 0 Å². The zero-order valence-corrected chi connectivity index (χ0v) is 12.8. The van der Waals surface area contributed by atoms with Crippen molar-refractivity contribution >= 4 is 0 Å². The van der Waals surface area contributed by atoms with E-state index >= 15 is 0 Å². The quantitative estimate of drug-likeness (QED) is 0.613. The van der Waals surface area contributed by atoms with Gasteiger partial charge in [-0.25, -0.2) is 0 Å². The molecule has 0 radical (unpaired) electrons. The minimum Gasteiger partial charge on any atom is -0.378 e. The van der Waals surface area contributed by atoms with Crippen LogP contribution in [0, 0.1) is 5.41 Å². The highest BCUT2D eigenvalue weighted by Gasteiger charge is 2.25. The summed E-state index contributed by atoms with van der Waals surface area (Å²) >= 11 is 0. The smallest absolute Gasteiger partial charge is 0.0707 e. The molecular formula is C14H31NO3. The Morgan fingerprint density at radius 1 is 0.778 bits per heavy atom. The van der Waals surface area contributed by atoms with Crippen LogP contribution in [0.25, 0.3) is 0 Å². The van der Waals surface area contributed by atoms with Crippen LogP contribution >= 0.6 is 0 Å². The molecule has 0 aromatic rings. The molecule has 0 fully saturated rings. The minimum absolute atomic E-state index is 0.0995. The fourth-order valence-electron chi connectivity index (χ4n) is 2.11. The van der Waals surface area contributed by atoms with Crippen molar-refractivity contribution in [3.63, 3.8) is 0 Å². The highest BCUT2D eigenvalue weighted by Crippen LogP contribution is 2.29. The van der Waals surface area contributed by atoms with E-state index in [9.17, 15) is 0 Å². The predicted molar refractivity (Wildman–Crippen MR) is 74.8 cm³/mol. The van der Waals surface area contributed by atoms with Gasteiger partial charge in [0.1, 0.15) is 0 Å². The Labute approximate surface area is 112 Å². The van der Waals surface area contributed by atoms with Crippen LogP contribution in [0.4, 0.5) is 0 Å². The van der Waals surface area contributed by atoms with E-state index in [0.717, 1.165) is 6.42 Å². The van der Waals surface area contributed by atoms with Crippen LogP contribution in [0.3, 0.4) is 0 Å². The van der Waals surface area contributed by atoms with Crippen LogP contribution in [0.1, 0.15) is 41.0 Å². The monoisotopic (exact) mass is 261 g/mol. The average molecular weight is 261 g/mol. The molecule has 0 aliphatic carbocycles. The van der Waals surface area contributed by atoms with Crippen LogP contribution in [-0.4, -0.2) is 45.2 Å². The maximum atomic E-state index is 5.85. The Bertz CT molecular complexity index is 200. The molecule has 0 unspecified atom stereocenters. The molecule has 4 nitrogen and oxygen atoms in total. The Balaban J connectivity index is 3.47. The first-order valence-corrected chi connectivity index (χ1v) is 6.76. The number of rotatable bonds is 10. The Hall–Kier alpha value is -0.160. The molecule has 18 heavy (non-hydrogen) atoms. The largest absolute Gasteiger partial charge is 0.378 e. The topological polar surface area (TPSA) is 53.7 Å². The number of nitrogens with two attached hydrogens (primary N) is 1. The Morgan fingerprint density at radius 3 is 1.78 bits per heavy atom. The van der Waals surface area contributed by atoms with Gasteiger partial charge in [-0.15, -0.1) is 0 Å². The third-order valence-corrected chi connectivity index (χ3v) is 2.31. The summed E-state index contributed by atoms with van der Waals surface area (Å²) in [6.45, 7) is 14.5. The molecule has 0 saturated heterocycles. The second-order valence-corrected chi connectivity index (χ2v) is 6.36. The summed E-state index contributed by atoms with van der Waals surface area (Å²) < 4.78 is 16.5. The maximum Gasteiger partial charge on any atom is 0.0707 e. The molecule has 0 saturated carbocycles. The Kier molecular flexibility index (Phi) is 8.78. The fraction of sp³-hybridized carbons (Fsp3) is 1.00. The van der Waals surface area contributed by atoms with Gasteiger partial charge < -0.3 is 19.9 Å². The number of hydrogen-bond donors (Lipinski definition) is 1. The van der Waals surface area contributed by atoms with Crippen LogP contribution in [0.5, 0.6) is 0 Å². The zero-order chi connectivity index (χ0) is 14.1. The van der Waals surface area contributed by atoms with Crippen LogP contribution in [-0.2, 0) is 14.2 Å². The summed E-state index contributed by atoms with van der Waals surface area (Å²) in [6, 6.07) is 0. The molecule has 0 aliphatic heterocycles. The molecule has 4 heteroatoms. The molecule has 0 bridgehead atoms. The van der Waals surface area contributed by atoms with E-state index in [2.05, 4.69) is 34.6 Å². The van der Waals surface area contributed by atoms with E-state index in [1.807, 2.05) is 0 Å². The van der Waals surface area contributed by atoms with Crippen molar-refractivity contribution in [3.8, 4) is 0 Å². The molecule has 0 aromatic carbocycles. The van der Waals surface area contributed by atoms with Crippen molar-refractivity contribution in [2.45, 2.75) is 46.6 Å². The van der Waals surface area contributed by atoms with Gasteiger partial charge in [0.2, 0.25) is 0 Å². The molecular weight excluding hydrogens is 230 g/mol. The van der Waals surface area contributed by atoms with Gasteiger partial charge in [0.25, 0.3) is 0 Å². The first kappa shape index (κ1) is 17.8. The van der Waals surface area contributed by atoms with Gasteiger partial charge in [-0.05, 0) is 25.7 Å². The summed E-state index contributed by atoms with van der Waals surface area (Å²) in [5.74, 6) is 0. The van der Waals surface area contributed by atoms with E-state index in [-0.39, 0.29) is 11.0 Å². The van der Waals surface area contributed by atoms with Gasteiger partial charge in [-0.3, -0.25) is 0 Å². The molecule has 0 heterocycles. The fourth-order valence-corrected chi connectivity index (χ4v) is 2.11. The highest BCUT2D eigenvalue weighted by atomic mass is 16.5. The highest BCUT2D eigenvalue weighted by molar-refractivity contribution is 4.76.